The molecule has 0 fully saturated rings. The van der Waals surface area contributed by atoms with Crippen molar-refractivity contribution in [3.05, 3.63) is 88.4 Å². The van der Waals surface area contributed by atoms with Crippen molar-refractivity contribution in [3.63, 3.8) is 0 Å². The minimum absolute atomic E-state index is 0.00928. The van der Waals surface area contributed by atoms with Gasteiger partial charge in [-0.15, -0.1) is 0 Å². The average Bonchev–Trinajstić information content (AvgIpc) is 2.80. The van der Waals surface area contributed by atoms with Gasteiger partial charge in [0, 0.05) is 17.1 Å². The largest absolute Gasteiger partial charge is 0.492 e. The van der Waals surface area contributed by atoms with E-state index in [4.69, 9.17) is 30.9 Å². The molecule has 0 saturated carbocycles. The summed E-state index contributed by atoms with van der Waals surface area (Å²) >= 11 is 6.00. The lowest BCUT2D eigenvalue weighted by Crippen LogP contribution is -2.41. The van der Waals surface area contributed by atoms with Crippen molar-refractivity contribution in [1.29, 1.82) is 0 Å². The number of benzene rings is 3. The molecule has 3 aromatic carbocycles. The number of hydrogen-bond acceptors (Lipinski definition) is 5. The van der Waals surface area contributed by atoms with Gasteiger partial charge in [-0.2, -0.15) is 0 Å². The van der Waals surface area contributed by atoms with Crippen LogP contribution in [-0.2, 0) is 24.4 Å². The summed E-state index contributed by atoms with van der Waals surface area (Å²) in [7, 11) is 0. The smallest absolute Gasteiger partial charge is 0.317 e. The van der Waals surface area contributed by atoms with Crippen LogP contribution in [0.1, 0.15) is 16.7 Å². The van der Waals surface area contributed by atoms with Crippen LogP contribution in [0.2, 0.25) is 5.02 Å². The number of aliphatic carboxylic acids is 1. The number of rotatable bonds is 9. The second-order valence-electron chi connectivity index (χ2n) is 7.61. The summed E-state index contributed by atoms with van der Waals surface area (Å²) in [5.74, 6) is 1.41. The number of carboxylic acid groups (broad SMARTS) is 1. The van der Waals surface area contributed by atoms with Gasteiger partial charge in [0.15, 0.2) is 0 Å². The predicted molar refractivity (Wildman–Crippen MR) is 122 cm³/mol. The molecule has 0 amide bonds. The monoisotopic (exact) mass is 453 g/mol. The van der Waals surface area contributed by atoms with Gasteiger partial charge >= 0.3 is 5.97 Å². The standard InChI is InChI=1S/C25H24ClNO5/c26-20-3-1-2-18(10-20)15-30-22-7-4-17(5-8-22)14-31-23-9-6-19-11-21(27-13-25(28)29)16-32-24(19)12-23/h1-10,12,21,27H,11,13-16H2,(H,28,29). The molecule has 7 heteroatoms. The number of hydrogen-bond donors (Lipinski definition) is 2. The van der Waals surface area contributed by atoms with Crippen LogP contribution in [0.4, 0.5) is 0 Å². The molecule has 1 unspecified atom stereocenters. The SMILES string of the molecule is O=C(O)CNC1COc2cc(OCc3ccc(OCc4cccc(Cl)c4)cc3)ccc2C1. The Morgan fingerprint density at radius 2 is 1.75 bits per heavy atom. The Morgan fingerprint density at radius 3 is 2.53 bits per heavy atom. The van der Waals surface area contributed by atoms with E-state index in [0.29, 0.717) is 24.8 Å². The fraction of sp³-hybridized carbons (Fsp3) is 0.240. The van der Waals surface area contributed by atoms with Crippen molar-refractivity contribution in [3.8, 4) is 17.2 Å². The highest BCUT2D eigenvalue weighted by Gasteiger charge is 2.20. The summed E-state index contributed by atoms with van der Waals surface area (Å²) in [6.45, 7) is 1.24. The highest BCUT2D eigenvalue weighted by molar-refractivity contribution is 6.30. The number of carboxylic acids is 1. The number of fused-ring (bicyclic) bond motifs is 1. The lowest BCUT2D eigenvalue weighted by molar-refractivity contribution is -0.136. The lowest BCUT2D eigenvalue weighted by Gasteiger charge is -2.26. The van der Waals surface area contributed by atoms with Crippen molar-refractivity contribution in [2.24, 2.45) is 0 Å². The van der Waals surface area contributed by atoms with Gasteiger partial charge in [0.2, 0.25) is 0 Å². The van der Waals surface area contributed by atoms with Crippen molar-refractivity contribution < 1.29 is 24.1 Å². The number of ether oxygens (including phenoxy) is 3. The zero-order valence-electron chi connectivity index (χ0n) is 17.4. The van der Waals surface area contributed by atoms with Gasteiger partial charge in [0.25, 0.3) is 0 Å². The van der Waals surface area contributed by atoms with Crippen LogP contribution in [0.5, 0.6) is 17.2 Å². The summed E-state index contributed by atoms with van der Waals surface area (Å²) in [6, 6.07) is 21.1. The van der Waals surface area contributed by atoms with Crippen LogP contribution >= 0.6 is 11.6 Å². The first-order chi connectivity index (χ1) is 15.5. The molecule has 32 heavy (non-hydrogen) atoms. The first kappa shape index (κ1) is 22.0. The third-order valence-corrected chi connectivity index (χ3v) is 5.35. The Bertz CT molecular complexity index is 1070. The van der Waals surface area contributed by atoms with Crippen LogP contribution < -0.4 is 19.5 Å². The molecule has 0 aliphatic carbocycles. The fourth-order valence-electron chi connectivity index (χ4n) is 3.45. The summed E-state index contributed by atoms with van der Waals surface area (Å²) in [4.78, 5) is 10.7. The van der Waals surface area contributed by atoms with Gasteiger partial charge in [-0.25, -0.2) is 0 Å². The quantitative estimate of drug-likeness (QED) is 0.497. The van der Waals surface area contributed by atoms with E-state index >= 15 is 0 Å². The van der Waals surface area contributed by atoms with Gasteiger partial charge in [-0.1, -0.05) is 41.9 Å². The van der Waals surface area contributed by atoms with Crippen LogP contribution in [0.3, 0.4) is 0 Å². The maximum Gasteiger partial charge on any atom is 0.317 e. The third-order valence-electron chi connectivity index (χ3n) is 5.11. The molecule has 2 N–H and O–H groups in total. The van der Waals surface area contributed by atoms with Crippen molar-refractivity contribution >= 4 is 17.6 Å². The molecule has 0 bridgehead atoms. The van der Waals surface area contributed by atoms with E-state index in [9.17, 15) is 4.79 Å². The summed E-state index contributed by atoms with van der Waals surface area (Å²) in [6.07, 6.45) is 0.722. The van der Waals surface area contributed by atoms with Crippen molar-refractivity contribution in [2.75, 3.05) is 13.2 Å². The molecule has 0 aromatic heterocycles. The first-order valence-corrected chi connectivity index (χ1v) is 10.7. The van der Waals surface area contributed by atoms with E-state index in [1.165, 1.54) is 0 Å². The van der Waals surface area contributed by atoms with Gasteiger partial charge in [0.1, 0.15) is 37.1 Å². The topological polar surface area (TPSA) is 77.0 Å². The minimum Gasteiger partial charge on any atom is -0.492 e. The van der Waals surface area contributed by atoms with E-state index in [1.807, 2.05) is 66.7 Å². The normalized spacial score (nSPS) is 14.8. The molecule has 6 nitrogen and oxygen atoms in total. The predicted octanol–water partition coefficient (Wildman–Crippen LogP) is 4.48. The maximum atomic E-state index is 10.7. The summed E-state index contributed by atoms with van der Waals surface area (Å²) in [5, 5.41) is 12.5. The Hall–Kier alpha value is -3.22. The number of carbonyl (C=O) groups is 1. The first-order valence-electron chi connectivity index (χ1n) is 10.3. The van der Waals surface area contributed by atoms with Crippen LogP contribution in [0.25, 0.3) is 0 Å². The van der Waals surface area contributed by atoms with Crippen molar-refractivity contribution in [1.82, 2.24) is 5.32 Å². The molecule has 1 heterocycles. The van der Waals surface area contributed by atoms with Gasteiger partial charge in [-0.05, 0) is 53.4 Å². The van der Waals surface area contributed by atoms with Gasteiger partial charge in [0.05, 0.1) is 6.54 Å². The molecule has 0 saturated heterocycles. The molecular weight excluding hydrogens is 430 g/mol. The van der Waals surface area contributed by atoms with E-state index in [0.717, 1.165) is 40.4 Å². The fourth-order valence-corrected chi connectivity index (χ4v) is 3.66. The molecule has 0 spiro atoms. The van der Waals surface area contributed by atoms with Crippen LogP contribution in [-0.4, -0.2) is 30.3 Å². The highest BCUT2D eigenvalue weighted by atomic mass is 35.5. The molecule has 1 atom stereocenters. The second kappa shape index (κ2) is 10.4. The minimum atomic E-state index is -0.875. The lowest BCUT2D eigenvalue weighted by atomic mass is 10.0. The van der Waals surface area contributed by atoms with Crippen LogP contribution in [0.15, 0.2) is 66.7 Å². The third kappa shape index (κ3) is 6.15. The van der Waals surface area contributed by atoms with E-state index in [1.54, 1.807) is 0 Å². The molecule has 1 aliphatic rings. The Kier molecular flexibility index (Phi) is 7.14. The number of nitrogens with one attached hydrogen (secondary N) is 1. The zero-order chi connectivity index (χ0) is 22.3. The molecule has 4 rings (SSSR count). The summed E-state index contributed by atoms with van der Waals surface area (Å²) < 4.78 is 17.5. The Morgan fingerprint density at radius 1 is 1.00 bits per heavy atom. The van der Waals surface area contributed by atoms with Crippen LogP contribution in [0, 0.1) is 0 Å². The maximum absolute atomic E-state index is 10.7. The summed E-state index contributed by atoms with van der Waals surface area (Å²) in [5.41, 5.74) is 3.08. The molecular formula is C25H24ClNO5. The van der Waals surface area contributed by atoms with Crippen molar-refractivity contribution in [2.45, 2.75) is 25.7 Å². The molecule has 1 aliphatic heterocycles. The molecule has 166 valence electrons. The number of halogens is 1. The molecule has 0 radical (unpaired) electrons. The second-order valence-corrected chi connectivity index (χ2v) is 8.04. The zero-order valence-corrected chi connectivity index (χ0v) is 18.2. The van der Waals surface area contributed by atoms with Gasteiger partial charge in [-0.3, -0.25) is 4.79 Å². The van der Waals surface area contributed by atoms with E-state index < -0.39 is 5.97 Å². The van der Waals surface area contributed by atoms with E-state index in [2.05, 4.69) is 5.32 Å². The van der Waals surface area contributed by atoms with Gasteiger partial charge < -0.3 is 24.6 Å². The Labute approximate surface area is 191 Å². The Balaban J connectivity index is 1.27. The average molecular weight is 454 g/mol. The van der Waals surface area contributed by atoms with E-state index in [-0.39, 0.29) is 12.6 Å². The molecule has 3 aromatic rings. The highest BCUT2D eigenvalue weighted by Crippen LogP contribution is 2.29.